The second-order valence-electron chi connectivity index (χ2n) is 6.00. The number of aliphatic hydroxyl groups is 1. The highest BCUT2D eigenvalue weighted by atomic mass is 16.3. The van der Waals surface area contributed by atoms with Gasteiger partial charge in [0.1, 0.15) is 18.0 Å². The van der Waals surface area contributed by atoms with Crippen LogP contribution in [0.4, 0.5) is 11.6 Å². The summed E-state index contributed by atoms with van der Waals surface area (Å²) in [6, 6.07) is 0. The Morgan fingerprint density at radius 1 is 1.35 bits per heavy atom. The molecule has 5 heteroatoms. The average Bonchev–Trinajstić information content (AvgIpc) is 3.02. The van der Waals surface area contributed by atoms with Gasteiger partial charge in [0, 0.05) is 31.6 Å². The van der Waals surface area contributed by atoms with Crippen LogP contribution >= 0.6 is 0 Å². The monoisotopic (exact) mass is 276 g/mol. The van der Waals surface area contributed by atoms with Crippen molar-refractivity contribution in [2.24, 2.45) is 11.8 Å². The maximum absolute atomic E-state index is 10.1. The van der Waals surface area contributed by atoms with Crippen LogP contribution in [0.25, 0.3) is 0 Å². The maximum Gasteiger partial charge on any atom is 0.137 e. The molecule has 1 aliphatic heterocycles. The molecule has 1 saturated heterocycles. The largest absolute Gasteiger partial charge is 0.393 e. The van der Waals surface area contributed by atoms with Gasteiger partial charge in [0.15, 0.2) is 0 Å². The number of aliphatic hydroxyl groups excluding tert-OH is 1. The third-order valence-corrected chi connectivity index (χ3v) is 4.78. The van der Waals surface area contributed by atoms with E-state index < -0.39 is 0 Å². The van der Waals surface area contributed by atoms with Crippen LogP contribution in [0.5, 0.6) is 0 Å². The van der Waals surface area contributed by atoms with Crippen LogP contribution < -0.4 is 10.2 Å². The van der Waals surface area contributed by atoms with Gasteiger partial charge in [0.05, 0.1) is 6.10 Å². The summed E-state index contributed by atoms with van der Waals surface area (Å²) in [6.45, 7) is 4.14. The van der Waals surface area contributed by atoms with E-state index in [2.05, 4.69) is 27.1 Å². The average molecular weight is 276 g/mol. The van der Waals surface area contributed by atoms with E-state index in [9.17, 15) is 5.11 Å². The molecule has 2 N–H and O–H groups in total. The topological polar surface area (TPSA) is 61.3 Å². The van der Waals surface area contributed by atoms with E-state index in [-0.39, 0.29) is 6.10 Å². The first-order chi connectivity index (χ1) is 9.74. The van der Waals surface area contributed by atoms with Crippen molar-refractivity contribution >= 4 is 11.6 Å². The molecule has 1 saturated carbocycles. The van der Waals surface area contributed by atoms with Gasteiger partial charge in [-0.3, -0.25) is 0 Å². The van der Waals surface area contributed by atoms with E-state index in [0.29, 0.717) is 11.8 Å². The third-order valence-electron chi connectivity index (χ3n) is 4.78. The van der Waals surface area contributed by atoms with Crippen LogP contribution in [-0.4, -0.2) is 41.3 Å². The van der Waals surface area contributed by atoms with Crippen LogP contribution in [0, 0.1) is 11.8 Å². The van der Waals surface area contributed by atoms with Crippen LogP contribution in [0.3, 0.4) is 0 Å². The summed E-state index contributed by atoms with van der Waals surface area (Å²) in [7, 11) is 1.91. The highest BCUT2D eigenvalue weighted by Crippen LogP contribution is 2.40. The van der Waals surface area contributed by atoms with E-state index in [1.807, 2.05) is 7.05 Å². The van der Waals surface area contributed by atoms with E-state index in [1.165, 1.54) is 5.56 Å². The minimum atomic E-state index is -0.120. The number of nitrogens with one attached hydrogen (secondary N) is 1. The molecule has 3 unspecified atom stereocenters. The summed E-state index contributed by atoms with van der Waals surface area (Å²) in [5, 5.41) is 13.2. The second kappa shape index (κ2) is 5.56. The molecule has 2 heterocycles. The van der Waals surface area contributed by atoms with Crippen molar-refractivity contribution in [3.8, 4) is 0 Å². The molecule has 110 valence electrons. The van der Waals surface area contributed by atoms with E-state index in [4.69, 9.17) is 0 Å². The molecule has 0 bridgehead atoms. The molecule has 0 aromatic carbocycles. The molecule has 0 radical (unpaired) electrons. The Labute approximate surface area is 120 Å². The Balaban J connectivity index is 1.87. The van der Waals surface area contributed by atoms with E-state index >= 15 is 0 Å². The predicted octanol–water partition coefficient (Wildman–Crippen LogP) is 1.68. The van der Waals surface area contributed by atoms with Crippen LogP contribution in [0.2, 0.25) is 0 Å². The molecule has 0 spiro atoms. The van der Waals surface area contributed by atoms with Crippen molar-refractivity contribution in [3.63, 3.8) is 0 Å². The van der Waals surface area contributed by atoms with Crippen molar-refractivity contribution < 1.29 is 5.11 Å². The molecule has 3 atom stereocenters. The summed E-state index contributed by atoms with van der Waals surface area (Å²) in [6.07, 6.45) is 5.71. The number of aromatic nitrogens is 2. The molecule has 2 fully saturated rings. The summed E-state index contributed by atoms with van der Waals surface area (Å²) in [5.41, 5.74) is 1.21. The molecule has 2 aliphatic rings. The Kier molecular flexibility index (Phi) is 3.78. The lowest BCUT2D eigenvalue weighted by atomic mass is 10.00. The summed E-state index contributed by atoms with van der Waals surface area (Å²) >= 11 is 0. The lowest BCUT2D eigenvalue weighted by Gasteiger charge is -2.23. The number of fused-ring (bicyclic) bond motifs is 1. The van der Waals surface area contributed by atoms with Gasteiger partial charge in [-0.25, -0.2) is 9.97 Å². The first kappa shape index (κ1) is 13.6. The number of hydrogen-bond donors (Lipinski definition) is 2. The first-order valence-corrected chi connectivity index (χ1v) is 7.69. The quantitative estimate of drug-likeness (QED) is 0.876. The third kappa shape index (κ3) is 2.24. The fourth-order valence-corrected chi connectivity index (χ4v) is 3.78. The van der Waals surface area contributed by atoms with Gasteiger partial charge < -0.3 is 15.3 Å². The zero-order valence-corrected chi connectivity index (χ0v) is 12.3. The molecular formula is C15H24N4O. The lowest BCUT2D eigenvalue weighted by molar-refractivity contribution is 0.133. The Bertz CT molecular complexity index is 479. The van der Waals surface area contributed by atoms with Crippen molar-refractivity contribution in [3.05, 3.63) is 11.9 Å². The van der Waals surface area contributed by atoms with Gasteiger partial charge in [0.25, 0.3) is 0 Å². The van der Waals surface area contributed by atoms with Gasteiger partial charge in [-0.05, 0) is 25.2 Å². The van der Waals surface area contributed by atoms with Crippen LogP contribution in [-0.2, 0) is 6.42 Å². The molecule has 1 aromatic heterocycles. The van der Waals surface area contributed by atoms with Crippen molar-refractivity contribution in [1.82, 2.24) is 9.97 Å². The normalized spacial score (nSPS) is 28.8. The molecule has 1 aliphatic carbocycles. The van der Waals surface area contributed by atoms with Gasteiger partial charge in [0.2, 0.25) is 0 Å². The fourth-order valence-electron chi connectivity index (χ4n) is 3.78. The number of rotatable bonds is 4. The highest BCUT2D eigenvalue weighted by molar-refractivity contribution is 5.59. The molecule has 3 rings (SSSR count). The SMILES string of the molecule is CCCc1c(NC)ncnc1N1CC2CCC(O)C2C1. The van der Waals surface area contributed by atoms with Gasteiger partial charge >= 0.3 is 0 Å². The Morgan fingerprint density at radius 3 is 2.90 bits per heavy atom. The summed E-state index contributed by atoms with van der Waals surface area (Å²) in [5.74, 6) is 3.06. The first-order valence-electron chi connectivity index (χ1n) is 7.69. The minimum Gasteiger partial charge on any atom is -0.393 e. The highest BCUT2D eigenvalue weighted by Gasteiger charge is 2.42. The van der Waals surface area contributed by atoms with Gasteiger partial charge in [-0.1, -0.05) is 13.3 Å². The Hall–Kier alpha value is -1.36. The maximum atomic E-state index is 10.1. The summed E-state index contributed by atoms with van der Waals surface area (Å²) in [4.78, 5) is 11.2. The van der Waals surface area contributed by atoms with Gasteiger partial charge in [-0.15, -0.1) is 0 Å². The number of nitrogens with zero attached hydrogens (tertiary/aromatic N) is 3. The molecule has 5 nitrogen and oxygen atoms in total. The predicted molar refractivity (Wildman–Crippen MR) is 80.0 cm³/mol. The van der Waals surface area contributed by atoms with Crippen molar-refractivity contribution in [2.75, 3.05) is 30.4 Å². The van der Waals surface area contributed by atoms with Crippen LogP contribution in [0.1, 0.15) is 31.7 Å². The van der Waals surface area contributed by atoms with Crippen molar-refractivity contribution in [1.29, 1.82) is 0 Å². The fraction of sp³-hybridized carbons (Fsp3) is 0.733. The molecular weight excluding hydrogens is 252 g/mol. The van der Waals surface area contributed by atoms with Crippen molar-refractivity contribution in [2.45, 2.75) is 38.7 Å². The zero-order valence-electron chi connectivity index (χ0n) is 12.3. The number of hydrogen-bond acceptors (Lipinski definition) is 5. The van der Waals surface area contributed by atoms with E-state index in [1.54, 1.807) is 6.33 Å². The molecule has 0 amide bonds. The van der Waals surface area contributed by atoms with E-state index in [0.717, 1.165) is 50.4 Å². The summed E-state index contributed by atoms with van der Waals surface area (Å²) < 4.78 is 0. The Morgan fingerprint density at radius 2 is 2.20 bits per heavy atom. The lowest BCUT2D eigenvalue weighted by Crippen LogP contribution is -2.26. The van der Waals surface area contributed by atoms with Gasteiger partial charge in [-0.2, -0.15) is 0 Å². The molecule has 20 heavy (non-hydrogen) atoms. The van der Waals surface area contributed by atoms with Crippen LogP contribution in [0.15, 0.2) is 6.33 Å². The molecule has 1 aromatic rings. The smallest absolute Gasteiger partial charge is 0.137 e. The second-order valence-corrected chi connectivity index (χ2v) is 6.00. The minimum absolute atomic E-state index is 0.120. The zero-order chi connectivity index (χ0) is 14.1. The standard InChI is InChI=1S/C15H24N4O/c1-3-4-11-14(16-2)17-9-18-15(11)19-7-10-5-6-13(20)12(10)8-19/h9-10,12-13,20H,3-8H2,1-2H3,(H,16,17,18). The number of anilines is 2.